The van der Waals surface area contributed by atoms with Crippen LogP contribution >= 0.6 is 0 Å². The third-order valence-electron chi connectivity index (χ3n) is 2.72. The number of hydrogen-bond acceptors (Lipinski definition) is 2. The molecular formula is C12H14NO2. The summed E-state index contributed by atoms with van der Waals surface area (Å²) in [6.07, 6.45) is 0. The highest BCUT2D eigenvalue weighted by molar-refractivity contribution is 5.71. The van der Waals surface area contributed by atoms with Gasteiger partial charge in [0.1, 0.15) is 0 Å². The molecule has 0 atom stereocenters. The fourth-order valence-electron chi connectivity index (χ4n) is 1.86. The first-order valence-corrected chi connectivity index (χ1v) is 5.07. The van der Waals surface area contributed by atoms with Crippen LogP contribution in [0.4, 0.5) is 0 Å². The van der Waals surface area contributed by atoms with E-state index in [9.17, 15) is 4.79 Å². The summed E-state index contributed by atoms with van der Waals surface area (Å²) < 4.78 is 0. The van der Waals surface area contributed by atoms with Crippen LogP contribution in [0, 0.1) is 18.9 Å². The molecule has 1 aliphatic rings. The predicted octanol–water partition coefficient (Wildman–Crippen LogP) is 1.31. The van der Waals surface area contributed by atoms with Crippen LogP contribution in [0.15, 0.2) is 18.2 Å². The molecule has 3 nitrogen and oxygen atoms in total. The average Bonchev–Trinajstić information content (AvgIpc) is 2.10. The number of hydrogen-bond donors (Lipinski definition) is 1. The van der Waals surface area contributed by atoms with Crippen molar-refractivity contribution in [2.75, 3.05) is 13.1 Å². The van der Waals surface area contributed by atoms with Gasteiger partial charge in [0.2, 0.25) is 0 Å². The van der Waals surface area contributed by atoms with E-state index in [1.807, 2.05) is 19.1 Å². The lowest BCUT2D eigenvalue weighted by Gasteiger charge is -2.36. The Labute approximate surface area is 89.3 Å². The maximum Gasteiger partial charge on any atom is 0.309 e. The Morgan fingerprint density at radius 3 is 3.00 bits per heavy atom. The Morgan fingerprint density at radius 1 is 1.67 bits per heavy atom. The van der Waals surface area contributed by atoms with Gasteiger partial charge in [-0.3, -0.25) is 9.69 Å². The lowest BCUT2D eigenvalue weighted by molar-refractivity contribution is -0.147. The second kappa shape index (κ2) is 4.03. The van der Waals surface area contributed by atoms with Gasteiger partial charge in [0.15, 0.2) is 0 Å². The molecule has 1 aliphatic heterocycles. The van der Waals surface area contributed by atoms with Gasteiger partial charge in [-0.2, -0.15) is 0 Å². The number of carboxylic acid groups (broad SMARTS) is 1. The molecule has 0 bridgehead atoms. The lowest BCUT2D eigenvalue weighted by Crippen LogP contribution is -2.49. The summed E-state index contributed by atoms with van der Waals surface area (Å²) in [6.45, 7) is 4.21. The molecule has 1 heterocycles. The zero-order chi connectivity index (χ0) is 10.8. The summed E-state index contributed by atoms with van der Waals surface area (Å²) in [5.74, 6) is -0.842. The largest absolute Gasteiger partial charge is 0.481 e. The molecule has 1 saturated heterocycles. The maximum atomic E-state index is 10.6. The number of likely N-dealkylation sites (tertiary alicyclic amines) is 1. The van der Waals surface area contributed by atoms with Gasteiger partial charge >= 0.3 is 5.97 Å². The van der Waals surface area contributed by atoms with E-state index in [2.05, 4.69) is 17.0 Å². The van der Waals surface area contributed by atoms with Crippen molar-refractivity contribution in [3.05, 3.63) is 35.4 Å². The molecule has 3 heteroatoms. The predicted molar refractivity (Wildman–Crippen MR) is 56.4 cm³/mol. The van der Waals surface area contributed by atoms with Crippen molar-refractivity contribution in [3.63, 3.8) is 0 Å². The summed E-state index contributed by atoms with van der Waals surface area (Å²) in [4.78, 5) is 12.7. The first-order valence-electron chi connectivity index (χ1n) is 5.07. The number of aliphatic carboxylic acids is 1. The number of rotatable bonds is 3. The first kappa shape index (κ1) is 10.2. The SMILES string of the molecule is Cc1[c]ccc(CN2CC(C(=O)O)C2)c1. The second-order valence-electron chi connectivity index (χ2n) is 4.11. The van der Waals surface area contributed by atoms with Crippen molar-refractivity contribution in [3.8, 4) is 0 Å². The van der Waals surface area contributed by atoms with E-state index < -0.39 is 5.97 Å². The third kappa shape index (κ3) is 2.36. The van der Waals surface area contributed by atoms with Crippen molar-refractivity contribution in [1.82, 2.24) is 4.90 Å². The van der Waals surface area contributed by atoms with Crippen molar-refractivity contribution in [2.24, 2.45) is 5.92 Å². The quantitative estimate of drug-likeness (QED) is 0.807. The first-order chi connectivity index (χ1) is 7.15. The van der Waals surface area contributed by atoms with Gasteiger partial charge in [0, 0.05) is 19.6 Å². The van der Waals surface area contributed by atoms with E-state index in [-0.39, 0.29) is 5.92 Å². The van der Waals surface area contributed by atoms with E-state index >= 15 is 0 Å². The van der Waals surface area contributed by atoms with E-state index in [0.29, 0.717) is 13.1 Å². The number of nitrogens with zero attached hydrogens (tertiary/aromatic N) is 1. The Kier molecular flexibility index (Phi) is 2.73. The highest BCUT2D eigenvalue weighted by Crippen LogP contribution is 2.18. The number of benzene rings is 1. The Balaban J connectivity index is 1.87. The van der Waals surface area contributed by atoms with Crippen molar-refractivity contribution < 1.29 is 9.90 Å². The van der Waals surface area contributed by atoms with Crippen LogP contribution < -0.4 is 0 Å². The molecule has 15 heavy (non-hydrogen) atoms. The molecule has 0 aromatic heterocycles. The molecule has 1 fully saturated rings. The molecule has 79 valence electrons. The van der Waals surface area contributed by atoms with Crippen LogP contribution in [0.25, 0.3) is 0 Å². The highest BCUT2D eigenvalue weighted by atomic mass is 16.4. The monoisotopic (exact) mass is 204 g/mol. The smallest absolute Gasteiger partial charge is 0.309 e. The molecule has 0 unspecified atom stereocenters. The molecule has 0 aliphatic carbocycles. The molecule has 0 saturated carbocycles. The van der Waals surface area contributed by atoms with Crippen molar-refractivity contribution in [2.45, 2.75) is 13.5 Å². The topological polar surface area (TPSA) is 40.5 Å². The third-order valence-corrected chi connectivity index (χ3v) is 2.72. The fourth-order valence-corrected chi connectivity index (χ4v) is 1.86. The van der Waals surface area contributed by atoms with E-state index in [0.717, 1.165) is 12.1 Å². The Morgan fingerprint density at radius 2 is 2.40 bits per heavy atom. The zero-order valence-electron chi connectivity index (χ0n) is 8.73. The van der Waals surface area contributed by atoms with Gasteiger partial charge in [-0.25, -0.2) is 0 Å². The zero-order valence-corrected chi connectivity index (χ0v) is 8.73. The molecule has 1 radical (unpaired) electrons. The van der Waals surface area contributed by atoms with Crippen LogP contribution in [0.5, 0.6) is 0 Å². The number of carbonyl (C=O) groups is 1. The standard InChI is InChI=1S/C12H14NO2/c1-9-3-2-4-10(5-9)6-13-7-11(8-13)12(14)15/h2,4-5,11H,6-8H2,1H3,(H,14,15). The summed E-state index contributed by atoms with van der Waals surface area (Å²) in [6, 6.07) is 9.13. The van der Waals surface area contributed by atoms with Crippen molar-refractivity contribution >= 4 is 5.97 Å². The average molecular weight is 204 g/mol. The van der Waals surface area contributed by atoms with Gasteiger partial charge in [-0.15, -0.1) is 0 Å². The number of carboxylic acids is 1. The van der Waals surface area contributed by atoms with Crippen LogP contribution in [0.3, 0.4) is 0 Å². The van der Waals surface area contributed by atoms with E-state index in [4.69, 9.17) is 5.11 Å². The van der Waals surface area contributed by atoms with Gasteiger partial charge in [0.25, 0.3) is 0 Å². The van der Waals surface area contributed by atoms with E-state index in [1.165, 1.54) is 5.56 Å². The van der Waals surface area contributed by atoms with E-state index in [1.54, 1.807) is 0 Å². The van der Waals surface area contributed by atoms with Crippen LogP contribution in [-0.4, -0.2) is 29.1 Å². The summed E-state index contributed by atoms with van der Waals surface area (Å²) >= 11 is 0. The van der Waals surface area contributed by atoms with Crippen LogP contribution in [-0.2, 0) is 11.3 Å². The Hall–Kier alpha value is -1.35. The molecule has 2 rings (SSSR count). The van der Waals surface area contributed by atoms with Gasteiger partial charge in [-0.1, -0.05) is 18.2 Å². The summed E-state index contributed by atoms with van der Waals surface area (Å²) in [5.41, 5.74) is 2.36. The van der Waals surface area contributed by atoms with Gasteiger partial charge in [-0.05, 0) is 24.1 Å². The fraction of sp³-hybridized carbons (Fsp3) is 0.417. The minimum Gasteiger partial charge on any atom is -0.481 e. The molecule has 1 N–H and O–H groups in total. The van der Waals surface area contributed by atoms with Gasteiger partial charge in [0.05, 0.1) is 5.92 Å². The van der Waals surface area contributed by atoms with Crippen molar-refractivity contribution in [1.29, 1.82) is 0 Å². The number of aryl methyl sites for hydroxylation is 1. The normalized spacial score (nSPS) is 17.4. The summed E-state index contributed by atoms with van der Waals surface area (Å²) in [7, 11) is 0. The molecule has 0 spiro atoms. The lowest BCUT2D eigenvalue weighted by atomic mass is 9.99. The second-order valence-corrected chi connectivity index (χ2v) is 4.11. The minimum atomic E-state index is -0.677. The van der Waals surface area contributed by atoms with Gasteiger partial charge < -0.3 is 5.11 Å². The highest BCUT2D eigenvalue weighted by Gasteiger charge is 2.31. The molecule has 0 amide bonds. The minimum absolute atomic E-state index is 0.165. The summed E-state index contributed by atoms with van der Waals surface area (Å²) in [5, 5.41) is 8.73. The molecule has 1 aromatic carbocycles. The Bertz CT molecular complexity index is 370. The molecule has 1 aromatic rings. The van der Waals surface area contributed by atoms with Crippen LogP contribution in [0.2, 0.25) is 0 Å². The molecular weight excluding hydrogens is 190 g/mol. The van der Waals surface area contributed by atoms with Crippen LogP contribution in [0.1, 0.15) is 11.1 Å². The maximum absolute atomic E-state index is 10.6.